The maximum Gasteiger partial charge on any atom is 0.216 e. The number of fused-ring (bicyclic) bond motifs is 3. The van der Waals surface area contributed by atoms with Crippen LogP contribution >= 0.6 is 0 Å². The van der Waals surface area contributed by atoms with Crippen molar-refractivity contribution >= 4 is 35.3 Å². The number of aryl methyl sites for hydroxylation is 4. The minimum atomic E-state index is -1.37. The summed E-state index contributed by atoms with van der Waals surface area (Å²) in [7, 11) is -1.37. The average Bonchev–Trinajstić information content (AvgIpc) is 3.45. The van der Waals surface area contributed by atoms with E-state index in [0.717, 1.165) is 57.4 Å². The predicted octanol–water partition coefficient (Wildman–Crippen LogP) is 12.6. The van der Waals surface area contributed by atoms with E-state index in [1.54, 1.807) is 0 Å². The van der Waals surface area contributed by atoms with E-state index >= 15 is 0 Å². The molecule has 0 unspecified atom stereocenters. The molecule has 0 fully saturated rings. The first-order valence-corrected chi connectivity index (χ1v) is 22.7. The summed E-state index contributed by atoms with van der Waals surface area (Å²) in [4.78, 5) is 14.3. The Hall–Kier alpha value is -4.22. The first kappa shape index (κ1) is 41.9. The molecule has 0 aliphatic rings. The Bertz CT molecular complexity index is 2410. The van der Waals surface area contributed by atoms with Gasteiger partial charge in [0.15, 0.2) is 0 Å². The fraction of sp³-hybridized carbons (Fsp3) is 0.327. The number of rotatable bonds is 7. The first-order chi connectivity index (χ1) is 25.5. The van der Waals surface area contributed by atoms with Crippen molar-refractivity contribution < 1.29 is 24.5 Å². The molecule has 3 aromatic carbocycles. The van der Waals surface area contributed by atoms with Crippen LogP contribution in [0.4, 0.5) is 0 Å². The summed E-state index contributed by atoms with van der Waals surface area (Å²) in [6.07, 6.45) is 6.22. The zero-order valence-electron chi connectivity index (χ0n) is 34.7. The summed E-state index contributed by atoms with van der Waals surface area (Å²) in [5.74, 6) is 0.601. The largest absolute Gasteiger partial charge is 0.486 e. The third kappa shape index (κ3) is 9.97. The molecular formula is C49H55IrN3OSi-2. The quantitative estimate of drug-likeness (QED) is 0.118. The van der Waals surface area contributed by atoms with Gasteiger partial charge in [0.1, 0.15) is 0 Å². The van der Waals surface area contributed by atoms with Gasteiger partial charge in [-0.25, -0.2) is 4.98 Å². The van der Waals surface area contributed by atoms with Crippen molar-refractivity contribution in [1.82, 2.24) is 15.0 Å². The zero-order chi connectivity index (χ0) is 38.9. The molecule has 7 rings (SSSR count). The molecule has 4 heterocycles. The van der Waals surface area contributed by atoms with Crippen LogP contribution in [0.25, 0.3) is 55.8 Å². The van der Waals surface area contributed by atoms with Crippen molar-refractivity contribution in [2.24, 2.45) is 11.3 Å². The van der Waals surface area contributed by atoms with E-state index in [-0.39, 0.29) is 25.5 Å². The molecule has 4 aromatic heterocycles. The molecule has 0 saturated heterocycles. The van der Waals surface area contributed by atoms with Gasteiger partial charge in [0.2, 0.25) is 5.71 Å². The minimum absolute atomic E-state index is 0. The number of hydrogen-bond donors (Lipinski definition) is 0. The third-order valence-corrected chi connectivity index (χ3v) is 11.9. The molecule has 0 spiro atoms. The summed E-state index contributed by atoms with van der Waals surface area (Å²) in [5.41, 5.74) is 15.7. The summed E-state index contributed by atoms with van der Waals surface area (Å²) in [6, 6.07) is 31.9. The van der Waals surface area contributed by atoms with Crippen LogP contribution in [0.3, 0.4) is 0 Å². The van der Waals surface area contributed by atoms with Gasteiger partial charge in [-0.05, 0) is 97.3 Å². The van der Waals surface area contributed by atoms with Gasteiger partial charge in [-0.15, -0.1) is 59.7 Å². The number of hydrogen-bond acceptors (Lipinski definition) is 4. The topological polar surface area (TPSA) is 51.8 Å². The van der Waals surface area contributed by atoms with Crippen molar-refractivity contribution in [3.05, 3.63) is 131 Å². The van der Waals surface area contributed by atoms with Crippen LogP contribution in [0.2, 0.25) is 19.6 Å². The maximum absolute atomic E-state index is 6.14. The molecule has 0 aliphatic heterocycles. The van der Waals surface area contributed by atoms with Crippen LogP contribution in [0.1, 0.15) is 68.0 Å². The van der Waals surface area contributed by atoms with E-state index in [1.807, 2.05) is 30.5 Å². The smallest absolute Gasteiger partial charge is 0.216 e. The molecule has 287 valence electrons. The Kier molecular flexibility index (Phi) is 12.9. The minimum Gasteiger partial charge on any atom is -0.486 e. The normalized spacial score (nSPS) is 11.8. The zero-order valence-corrected chi connectivity index (χ0v) is 38.1. The van der Waals surface area contributed by atoms with Crippen molar-refractivity contribution in [2.45, 2.75) is 94.8 Å². The monoisotopic (exact) mass is 922 g/mol. The third-order valence-electron chi connectivity index (χ3n) is 9.83. The van der Waals surface area contributed by atoms with Crippen molar-refractivity contribution in [2.75, 3.05) is 0 Å². The number of benzene rings is 3. The van der Waals surface area contributed by atoms with Gasteiger partial charge in [0, 0.05) is 43.4 Å². The molecule has 4 nitrogen and oxygen atoms in total. The van der Waals surface area contributed by atoms with E-state index in [1.165, 1.54) is 44.1 Å². The molecule has 0 amide bonds. The first-order valence-electron chi connectivity index (χ1n) is 19.2. The molecule has 0 saturated carbocycles. The van der Waals surface area contributed by atoms with Gasteiger partial charge in [-0.3, -0.25) is 0 Å². The van der Waals surface area contributed by atoms with Gasteiger partial charge in [-0.1, -0.05) is 101 Å². The number of aromatic nitrogens is 3. The fourth-order valence-corrected chi connectivity index (χ4v) is 9.01. The van der Waals surface area contributed by atoms with E-state index in [2.05, 4.69) is 149 Å². The van der Waals surface area contributed by atoms with Gasteiger partial charge >= 0.3 is 0 Å². The van der Waals surface area contributed by atoms with Crippen LogP contribution in [0.5, 0.6) is 0 Å². The van der Waals surface area contributed by atoms with Gasteiger partial charge in [0.25, 0.3) is 0 Å². The number of pyridine rings is 3. The van der Waals surface area contributed by atoms with E-state index in [4.69, 9.17) is 19.4 Å². The summed E-state index contributed by atoms with van der Waals surface area (Å²) < 4.78 is 6.14. The predicted molar refractivity (Wildman–Crippen MR) is 231 cm³/mol. The SMILES string of the molecule is CC(C)(C)Cc1cc(-c2[c-]cccc2)ncc1[Si](C)(C)C.Cc1cc(C)c(-c2ccc3c(n2)oc2c[c-]c(-c4cc(CC(C)C)c(C)cn4)cc23)c(C)c1.[Ir]. The van der Waals surface area contributed by atoms with E-state index < -0.39 is 8.07 Å². The van der Waals surface area contributed by atoms with E-state index in [0.29, 0.717) is 11.6 Å². The van der Waals surface area contributed by atoms with Crippen LogP contribution < -0.4 is 5.19 Å². The molecule has 0 aliphatic carbocycles. The summed E-state index contributed by atoms with van der Waals surface area (Å²) >= 11 is 0. The summed E-state index contributed by atoms with van der Waals surface area (Å²) in [5, 5.41) is 3.54. The Morgan fingerprint density at radius 1 is 0.727 bits per heavy atom. The summed E-state index contributed by atoms with van der Waals surface area (Å²) in [6.45, 7) is 27.1. The maximum atomic E-state index is 6.14. The molecule has 0 atom stereocenters. The standard InChI is InChI=1S/C30H29N2O.C19H26NSi.Ir/c1-17(2)11-23-15-27(31-16-21(23)6)22-7-10-28-25(14-22)24-8-9-26(32-30(24)33-28)29-19(4)12-18(3)13-20(29)5;1-19(2,3)13-16-12-17(15-10-8-7-9-11-15)20-14-18(16)21(4,5)6;/h8-10,12-17H,11H2,1-6H3;7-10,12,14H,13H2,1-6H3;/q2*-1;. The molecule has 1 radical (unpaired) electrons. The fourth-order valence-electron chi connectivity index (χ4n) is 7.43. The molecule has 0 bridgehead atoms. The van der Waals surface area contributed by atoms with Crippen LogP contribution in [-0.4, -0.2) is 23.0 Å². The molecule has 6 heteroatoms. The molecular weight excluding hydrogens is 867 g/mol. The molecule has 55 heavy (non-hydrogen) atoms. The Morgan fingerprint density at radius 2 is 1.40 bits per heavy atom. The second kappa shape index (κ2) is 16.9. The van der Waals surface area contributed by atoms with Crippen molar-refractivity contribution in [3.8, 4) is 33.8 Å². The van der Waals surface area contributed by atoms with Crippen LogP contribution in [0, 0.1) is 51.2 Å². The Morgan fingerprint density at radius 3 is 2.04 bits per heavy atom. The number of furan rings is 1. The van der Waals surface area contributed by atoms with Gasteiger partial charge in [-0.2, -0.15) is 0 Å². The molecule has 0 N–H and O–H groups in total. The molecule has 7 aromatic rings. The second-order valence-electron chi connectivity index (χ2n) is 17.6. The van der Waals surface area contributed by atoms with Crippen LogP contribution in [-0.2, 0) is 32.9 Å². The number of nitrogens with zero attached hydrogens (tertiary/aromatic N) is 3. The van der Waals surface area contributed by atoms with Crippen molar-refractivity contribution in [1.29, 1.82) is 0 Å². The van der Waals surface area contributed by atoms with Gasteiger partial charge < -0.3 is 14.4 Å². The average molecular weight is 922 g/mol. The van der Waals surface area contributed by atoms with Crippen molar-refractivity contribution in [3.63, 3.8) is 0 Å². The van der Waals surface area contributed by atoms with E-state index in [9.17, 15) is 0 Å². The Labute approximate surface area is 343 Å². The Balaban J connectivity index is 0.000000229. The second-order valence-corrected chi connectivity index (χ2v) is 22.7. The van der Waals surface area contributed by atoms with Crippen LogP contribution in [0.15, 0.2) is 89.6 Å². The van der Waals surface area contributed by atoms with Gasteiger partial charge in [0.05, 0.1) is 19.4 Å².